The Labute approximate surface area is 170 Å². The lowest BCUT2D eigenvalue weighted by atomic mass is 10.2. The first-order valence-electron chi connectivity index (χ1n) is 8.56. The number of halogens is 1. The van der Waals surface area contributed by atoms with E-state index in [2.05, 4.69) is 22.5 Å². The molecule has 0 radical (unpaired) electrons. The Kier molecular flexibility index (Phi) is 14.2. The van der Waals surface area contributed by atoms with E-state index in [1.165, 1.54) is 0 Å². The van der Waals surface area contributed by atoms with Gasteiger partial charge >= 0.3 is 6.09 Å². The zero-order valence-corrected chi connectivity index (χ0v) is 19.3. The summed E-state index contributed by atoms with van der Waals surface area (Å²) < 4.78 is 10.5. The normalized spacial score (nSPS) is 14.2. The zero-order valence-electron chi connectivity index (χ0n) is 17.0. The molecule has 0 fully saturated rings. The lowest BCUT2D eigenvalue weighted by Gasteiger charge is -2.26. The molecule has 0 spiro atoms. The van der Waals surface area contributed by atoms with E-state index in [0.29, 0.717) is 19.7 Å². The van der Waals surface area contributed by atoms with Crippen LogP contribution in [0.3, 0.4) is 0 Å². The molecule has 2 atom stereocenters. The summed E-state index contributed by atoms with van der Waals surface area (Å²) in [6, 6.07) is 0.174. The van der Waals surface area contributed by atoms with Gasteiger partial charge in [0.05, 0.1) is 6.61 Å². The third-order valence-corrected chi connectivity index (χ3v) is 3.00. The summed E-state index contributed by atoms with van der Waals surface area (Å²) in [5.41, 5.74) is -0.480. The number of amides is 1. The van der Waals surface area contributed by atoms with E-state index in [-0.39, 0.29) is 42.0 Å². The van der Waals surface area contributed by atoms with Crippen LogP contribution in [0.1, 0.15) is 41.5 Å². The zero-order chi connectivity index (χ0) is 18.8. The number of ether oxygens (including phenoxy) is 2. The third-order valence-electron chi connectivity index (χ3n) is 3.00. The molecular formula is C17H37IN4O3. The molecule has 0 aromatic rings. The molecule has 7 nitrogen and oxygen atoms in total. The second-order valence-corrected chi connectivity index (χ2v) is 7.19. The van der Waals surface area contributed by atoms with Crippen LogP contribution in [0.5, 0.6) is 0 Å². The van der Waals surface area contributed by atoms with Gasteiger partial charge in [0.2, 0.25) is 0 Å². The minimum absolute atomic E-state index is 0. The molecule has 150 valence electrons. The van der Waals surface area contributed by atoms with E-state index in [1.807, 2.05) is 34.6 Å². The Bertz CT molecular complexity index is 400. The van der Waals surface area contributed by atoms with Crippen molar-refractivity contribution < 1.29 is 14.3 Å². The number of rotatable bonds is 8. The van der Waals surface area contributed by atoms with Crippen LogP contribution in [-0.2, 0) is 9.47 Å². The number of hydrogen-bond acceptors (Lipinski definition) is 4. The molecule has 2 unspecified atom stereocenters. The van der Waals surface area contributed by atoms with Crippen LogP contribution in [0.15, 0.2) is 4.99 Å². The maximum atomic E-state index is 12.0. The van der Waals surface area contributed by atoms with Gasteiger partial charge in [0.1, 0.15) is 5.60 Å². The van der Waals surface area contributed by atoms with E-state index < -0.39 is 5.60 Å². The molecule has 0 aliphatic carbocycles. The highest BCUT2D eigenvalue weighted by molar-refractivity contribution is 14.0. The number of carbonyl (C=O) groups excluding carboxylic acids is 1. The van der Waals surface area contributed by atoms with Crippen molar-refractivity contribution in [3.63, 3.8) is 0 Å². The van der Waals surface area contributed by atoms with Crippen LogP contribution in [0, 0.1) is 5.92 Å². The predicted octanol–water partition coefficient (Wildman–Crippen LogP) is 2.70. The molecule has 0 aromatic heterocycles. The largest absolute Gasteiger partial charge is 0.444 e. The number of nitrogens with zero attached hydrogens (tertiary/aromatic N) is 2. The Morgan fingerprint density at radius 1 is 1.28 bits per heavy atom. The van der Waals surface area contributed by atoms with Gasteiger partial charge in [-0.05, 0) is 40.5 Å². The average Bonchev–Trinajstić information content (AvgIpc) is 2.43. The molecule has 0 aliphatic rings. The Hall–Kier alpha value is -0.770. The molecule has 0 saturated carbocycles. The maximum absolute atomic E-state index is 12.0. The van der Waals surface area contributed by atoms with E-state index in [1.54, 1.807) is 19.1 Å². The van der Waals surface area contributed by atoms with Crippen LogP contribution < -0.4 is 10.6 Å². The lowest BCUT2D eigenvalue weighted by molar-refractivity contribution is 0.0279. The summed E-state index contributed by atoms with van der Waals surface area (Å²) in [6.45, 7) is 14.3. The standard InChI is InChI=1S/C17H36N4O3.HI/c1-9-18-15(20-14(3)12-23-8)19-10-13(2)11-21(7)16(22)24-17(4,5)6;/h13-14H,9-12H2,1-8H3,(H2,18,19,20);1H. The van der Waals surface area contributed by atoms with Crippen LogP contribution in [0.25, 0.3) is 0 Å². The summed E-state index contributed by atoms with van der Waals surface area (Å²) in [4.78, 5) is 18.2. The van der Waals surface area contributed by atoms with Gasteiger partial charge in [-0.2, -0.15) is 0 Å². The topological polar surface area (TPSA) is 75.2 Å². The summed E-state index contributed by atoms with van der Waals surface area (Å²) in [5.74, 6) is 0.976. The second-order valence-electron chi connectivity index (χ2n) is 7.19. The first-order valence-corrected chi connectivity index (χ1v) is 8.56. The Balaban J connectivity index is 0. The van der Waals surface area contributed by atoms with Gasteiger partial charge in [0, 0.05) is 39.8 Å². The van der Waals surface area contributed by atoms with Gasteiger partial charge in [0.25, 0.3) is 0 Å². The number of nitrogens with one attached hydrogen (secondary N) is 2. The molecule has 2 N–H and O–H groups in total. The molecule has 25 heavy (non-hydrogen) atoms. The summed E-state index contributed by atoms with van der Waals surface area (Å²) >= 11 is 0. The van der Waals surface area contributed by atoms with Crippen molar-refractivity contribution in [1.82, 2.24) is 15.5 Å². The highest BCUT2D eigenvalue weighted by Crippen LogP contribution is 2.10. The van der Waals surface area contributed by atoms with Gasteiger partial charge in [-0.25, -0.2) is 4.79 Å². The number of hydrogen-bond donors (Lipinski definition) is 2. The van der Waals surface area contributed by atoms with Crippen LogP contribution in [-0.4, -0.2) is 69.0 Å². The maximum Gasteiger partial charge on any atom is 0.410 e. The van der Waals surface area contributed by atoms with Crippen molar-refractivity contribution in [3.8, 4) is 0 Å². The predicted molar refractivity (Wildman–Crippen MR) is 114 cm³/mol. The van der Waals surface area contributed by atoms with E-state index in [0.717, 1.165) is 12.5 Å². The number of guanidine groups is 1. The second kappa shape index (κ2) is 13.4. The number of carbonyl (C=O) groups is 1. The van der Waals surface area contributed by atoms with Crippen molar-refractivity contribution in [2.45, 2.75) is 53.2 Å². The smallest absolute Gasteiger partial charge is 0.410 e. The quantitative estimate of drug-likeness (QED) is 0.323. The Morgan fingerprint density at radius 2 is 1.88 bits per heavy atom. The van der Waals surface area contributed by atoms with Crippen molar-refractivity contribution in [2.24, 2.45) is 10.9 Å². The van der Waals surface area contributed by atoms with Gasteiger partial charge in [-0.3, -0.25) is 4.99 Å². The fourth-order valence-corrected chi connectivity index (χ4v) is 2.03. The molecule has 0 heterocycles. The molecule has 1 amide bonds. The highest BCUT2D eigenvalue weighted by Gasteiger charge is 2.20. The van der Waals surface area contributed by atoms with Crippen LogP contribution in [0.2, 0.25) is 0 Å². The monoisotopic (exact) mass is 472 g/mol. The van der Waals surface area contributed by atoms with Crippen molar-refractivity contribution in [1.29, 1.82) is 0 Å². The summed E-state index contributed by atoms with van der Waals surface area (Å²) in [6.07, 6.45) is -0.308. The Morgan fingerprint density at radius 3 is 2.36 bits per heavy atom. The van der Waals surface area contributed by atoms with Crippen molar-refractivity contribution >= 4 is 36.0 Å². The summed E-state index contributed by atoms with van der Waals surface area (Å²) in [5, 5.41) is 6.50. The van der Waals surface area contributed by atoms with Gasteiger partial charge in [-0.1, -0.05) is 6.92 Å². The first kappa shape index (κ1) is 26.5. The molecule has 0 bridgehead atoms. The highest BCUT2D eigenvalue weighted by atomic mass is 127. The minimum Gasteiger partial charge on any atom is -0.444 e. The van der Waals surface area contributed by atoms with Crippen LogP contribution >= 0.6 is 24.0 Å². The fraction of sp³-hybridized carbons (Fsp3) is 0.882. The SMILES string of the molecule is CCNC(=NCC(C)CN(C)C(=O)OC(C)(C)C)NC(C)COC.I. The third kappa shape index (κ3) is 14.1. The number of aliphatic imine (C=N–C) groups is 1. The van der Waals surface area contributed by atoms with Crippen LogP contribution in [0.4, 0.5) is 4.79 Å². The average molecular weight is 472 g/mol. The molecule has 0 rings (SSSR count). The molecule has 8 heteroatoms. The molecule has 0 aromatic carbocycles. The van der Waals surface area contributed by atoms with Gasteiger partial charge < -0.3 is 25.0 Å². The van der Waals surface area contributed by atoms with Gasteiger partial charge in [-0.15, -0.1) is 24.0 Å². The fourth-order valence-electron chi connectivity index (χ4n) is 2.03. The van der Waals surface area contributed by atoms with E-state index >= 15 is 0 Å². The van der Waals surface area contributed by atoms with E-state index in [4.69, 9.17) is 9.47 Å². The summed E-state index contributed by atoms with van der Waals surface area (Å²) in [7, 11) is 3.43. The van der Waals surface area contributed by atoms with Gasteiger partial charge in [0.15, 0.2) is 5.96 Å². The van der Waals surface area contributed by atoms with Crippen molar-refractivity contribution in [2.75, 3.05) is 40.4 Å². The molecular weight excluding hydrogens is 435 g/mol. The first-order chi connectivity index (χ1) is 11.1. The molecule has 0 aliphatic heterocycles. The van der Waals surface area contributed by atoms with E-state index in [9.17, 15) is 4.79 Å². The van der Waals surface area contributed by atoms with Crippen molar-refractivity contribution in [3.05, 3.63) is 0 Å². The minimum atomic E-state index is -0.480. The lowest BCUT2D eigenvalue weighted by Crippen LogP contribution is -2.44. The molecule has 0 saturated heterocycles. The number of methoxy groups -OCH3 is 1.